The SMILES string of the molecule is COc1ccc(CCNC(=O)C2CC(F)(F)CN2)cc1OC(F)F. The summed E-state index contributed by atoms with van der Waals surface area (Å²) in [5.41, 5.74) is 0.636. The van der Waals surface area contributed by atoms with Gasteiger partial charge in [0.1, 0.15) is 0 Å². The maximum absolute atomic E-state index is 13.0. The summed E-state index contributed by atoms with van der Waals surface area (Å²) in [5, 5.41) is 5.00. The van der Waals surface area contributed by atoms with Gasteiger partial charge in [-0.2, -0.15) is 8.78 Å². The molecule has 0 aromatic heterocycles. The number of carbonyl (C=O) groups is 1. The normalized spacial score (nSPS) is 19.3. The molecule has 2 N–H and O–H groups in total. The monoisotopic (exact) mass is 350 g/mol. The molecule has 1 heterocycles. The third kappa shape index (κ3) is 4.98. The van der Waals surface area contributed by atoms with Gasteiger partial charge < -0.3 is 14.8 Å². The predicted molar refractivity (Wildman–Crippen MR) is 77.7 cm³/mol. The smallest absolute Gasteiger partial charge is 0.387 e. The lowest BCUT2D eigenvalue weighted by atomic mass is 10.1. The van der Waals surface area contributed by atoms with Crippen LogP contribution in [-0.4, -0.2) is 44.7 Å². The first-order valence-corrected chi connectivity index (χ1v) is 7.31. The van der Waals surface area contributed by atoms with Crippen molar-refractivity contribution < 1.29 is 31.8 Å². The Morgan fingerprint density at radius 2 is 2.17 bits per heavy atom. The largest absolute Gasteiger partial charge is 0.493 e. The zero-order valence-electron chi connectivity index (χ0n) is 13.0. The average molecular weight is 350 g/mol. The van der Waals surface area contributed by atoms with E-state index in [4.69, 9.17) is 4.74 Å². The Morgan fingerprint density at radius 1 is 1.42 bits per heavy atom. The van der Waals surface area contributed by atoms with E-state index in [0.29, 0.717) is 12.0 Å². The lowest BCUT2D eigenvalue weighted by molar-refractivity contribution is -0.123. The Bertz CT molecular complexity index is 584. The molecule has 5 nitrogen and oxygen atoms in total. The van der Waals surface area contributed by atoms with Crippen molar-refractivity contribution in [3.05, 3.63) is 23.8 Å². The molecule has 1 amide bonds. The van der Waals surface area contributed by atoms with Gasteiger partial charge in [0, 0.05) is 13.0 Å². The number of alkyl halides is 4. The topological polar surface area (TPSA) is 59.6 Å². The Morgan fingerprint density at radius 3 is 2.75 bits per heavy atom. The fourth-order valence-electron chi connectivity index (χ4n) is 2.42. The molecule has 1 saturated heterocycles. The zero-order valence-corrected chi connectivity index (χ0v) is 13.0. The van der Waals surface area contributed by atoms with Crippen LogP contribution in [0.5, 0.6) is 11.5 Å². The first-order chi connectivity index (χ1) is 11.3. The standard InChI is InChI=1S/C15H18F4N2O3/c1-23-11-3-2-9(6-12(11)24-14(16)17)4-5-20-13(22)10-7-15(18,19)8-21-10/h2-3,6,10,14,21H,4-5,7-8H2,1H3,(H,20,22). The summed E-state index contributed by atoms with van der Waals surface area (Å²) in [4.78, 5) is 11.8. The molecule has 0 saturated carbocycles. The fraction of sp³-hybridized carbons (Fsp3) is 0.533. The Balaban J connectivity index is 1.87. The number of nitrogens with one attached hydrogen (secondary N) is 2. The number of amides is 1. The maximum Gasteiger partial charge on any atom is 0.387 e. The fourth-order valence-corrected chi connectivity index (χ4v) is 2.42. The number of carbonyl (C=O) groups excluding carboxylic acids is 1. The van der Waals surface area contributed by atoms with Gasteiger partial charge >= 0.3 is 6.61 Å². The van der Waals surface area contributed by atoms with Crippen molar-refractivity contribution in [1.82, 2.24) is 10.6 Å². The minimum Gasteiger partial charge on any atom is -0.493 e. The molecule has 0 spiro atoms. The maximum atomic E-state index is 13.0. The molecule has 1 unspecified atom stereocenters. The first kappa shape index (κ1) is 18.3. The van der Waals surface area contributed by atoms with E-state index in [2.05, 4.69) is 15.4 Å². The zero-order chi connectivity index (χ0) is 17.7. The number of hydrogen-bond donors (Lipinski definition) is 2. The molecule has 2 rings (SSSR count). The number of hydrogen-bond acceptors (Lipinski definition) is 4. The number of halogens is 4. The van der Waals surface area contributed by atoms with E-state index in [1.54, 1.807) is 6.07 Å². The van der Waals surface area contributed by atoms with Gasteiger partial charge in [-0.15, -0.1) is 0 Å². The quantitative estimate of drug-likeness (QED) is 0.738. The van der Waals surface area contributed by atoms with Crippen LogP contribution in [0.1, 0.15) is 12.0 Å². The van der Waals surface area contributed by atoms with E-state index in [9.17, 15) is 22.4 Å². The van der Waals surface area contributed by atoms with Gasteiger partial charge in [-0.1, -0.05) is 6.07 Å². The first-order valence-electron chi connectivity index (χ1n) is 7.31. The third-order valence-electron chi connectivity index (χ3n) is 3.58. The van der Waals surface area contributed by atoms with Crippen molar-refractivity contribution in [1.29, 1.82) is 0 Å². The van der Waals surface area contributed by atoms with Crippen LogP contribution in [0, 0.1) is 0 Å². The van der Waals surface area contributed by atoms with E-state index in [0.717, 1.165) is 0 Å². The predicted octanol–water partition coefficient (Wildman–Crippen LogP) is 1.95. The van der Waals surface area contributed by atoms with Gasteiger partial charge in [-0.05, 0) is 24.1 Å². The van der Waals surface area contributed by atoms with Gasteiger partial charge in [-0.25, -0.2) is 8.78 Å². The molecule has 1 aliphatic rings. The summed E-state index contributed by atoms with van der Waals surface area (Å²) >= 11 is 0. The third-order valence-corrected chi connectivity index (χ3v) is 3.58. The minimum atomic E-state index is -2.98. The highest BCUT2D eigenvalue weighted by atomic mass is 19.3. The molecule has 0 radical (unpaired) electrons. The van der Waals surface area contributed by atoms with Crippen LogP contribution in [-0.2, 0) is 11.2 Å². The van der Waals surface area contributed by atoms with Crippen LogP contribution in [0.2, 0.25) is 0 Å². The Hall–Kier alpha value is -2.03. The summed E-state index contributed by atoms with van der Waals surface area (Å²) in [6.07, 6.45) is -0.202. The number of ether oxygens (including phenoxy) is 2. The van der Waals surface area contributed by atoms with Crippen LogP contribution in [0.25, 0.3) is 0 Å². The molecule has 9 heteroatoms. The minimum absolute atomic E-state index is 0.103. The number of rotatable bonds is 7. The van der Waals surface area contributed by atoms with Crippen LogP contribution < -0.4 is 20.1 Å². The van der Waals surface area contributed by atoms with Gasteiger partial charge in [0.2, 0.25) is 5.91 Å². The number of methoxy groups -OCH3 is 1. The van der Waals surface area contributed by atoms with Gasteiger partial charge in [-0.3, -0.25) is 10.1 Å². The van der Waals surface area contributed by atoms with Crippen molar-refractivity contribution in [3.8, 4) is 11.5 Å². The molecule has 0 aliphatic carbocycles. The average Bonchev–Trinajstić information content (AvgIpc) is 2.87. The summed E-state index contributed by atoms with van der Waals surface area (Å²) in [7, 11) is 1.33. The van der Waals surface area contributed by atoms with Crippen LogP contribution >= 0.6 is 0 Å². The van der Waals surface area contributed by atoms with Crippen molar-refractivity contribution in [2.75, 3.05) is 20.2 Å². The van der Waals surface area contributed by atoms with E-state index >= 15 is 0 Å². The molecular formula is C15H18F4N2O3. The van der Waals surface area contributed by atoms with Crippen molar-refractivity contribution in [3.63, 3.8) is 0 Å². The van der Waals surface area contributed by atoms with Gasteiger partial charge in [0.25, 0.3) is 5.92 Å². The number of benzene rings is 1. The van der Waals surface area contributed by atoms with Gasteiger partial charge in [0.05, 0.1) is 19.7 Å². The molecule has 1 fully saturated rings. The molecule has 1 aromatic carbocycles. The Labute approximate surface area is 136 Å². The summed E-state index contributed by atoms with van der Waals surface area (Å²) in [5.74, 6) is -3.32. The molecule has 134 valence electrons. The van der Waals surface area contributed by atoms with Crippen LogP contribution in [0.3, 0.4) is 0 Å². The van der Waals surface area contributed by atoms with Crippen molar-refractivity contribution >= 4 is 5.91 Å². The van der Waals surface area contributed by atoms with E-state index in [1.165, 1.54) is 19.2 Å². The van der Waals surface area contributed by atoms with Crippen LogP contribution in [0.15, 0.2) is 18.2 Å². The van der Waals surface area contributed by atoms with Crippen molar-refractivity contribution in [2.45, 2.75) is 31.4 Å². The Kier molecular flexibility index (Phi) is 5.87. The molecule has 24 heavy (non-hydrogen) atoms. The van der Waals surface area contributed by atoms with E-state index in [1.807, 2.05) is 0 Å². The lowest BCUT2D eigenvalue weighted by Gasteiger charge is -2.13. The molecule has 1 aromatic rings. The molecular weight excluding hydrogens is 332 g/mol. The summed E-state index contributed by atoms with van der Waals surface area (Å²) in [6.45, 7) is -3.31. The van der Waals surface area contributed by atoms with Gasteiger partial charge in [0.15, 0.2) is 11.5 Å². The lowest BCUT2D eigenvalue weighted by Crippen LogP contribution is -2.41. The molecule has 1 aliphatic heterocycles. The second kappa shape index (κ2) is 7.69. The second-order valence-electron chi connectivity index (χ2n) is 5.40. The summed E-state index contributed by atoms with van der Waals surface area (Å²) < 4.78 is 60.1. The molecule has 1 atom stereocenters. The molecule has 0 bridgehead atoms. The summed E-state index contributed by atoms with van der Waals surface area (Å²) in [6, 6.07) is 3.59. The highest BCUT2D eigenvalue weighted by Crippen LogP contribution is 2.29. The van der Waals surface area contributed by atoms with E-state index in [-0.39, 0.29) is 18.0 Å². The highest BCUT2D eigenvalue weighted by Gasteiger charge is 2.42. The van der Waals surface area contributed by atoms with Crippen LogP contribution in [0.4, 0.5) is 17.6 Å². The highest BCUT2D eigenvalue weighted by molar-refractivity contribution is 5.82. The second-order valence-corrected chi connectivity index (χ2v) is 5.40. The van der Waals surface area contributed by atoms with Crippen molar-refractivity contribution in [2.24, 2.45) is 0 Å². The van der Waals surface area contributed by atoms with E-state index < -0.39 is 37.4 Å².